The van der Waals surface area contributed by atoms with Gasteiger partial charge in [-0.25, -0.2) is 0 Å². The fraction of sp³-hybridized carbons (Fsp3) is 0.316. The van der Waals surface area contributed by atoms with Gasteiger partial charge in [0.15, 0.2) is 11.5 Å². The van der Waals surface area contributed by atoms with Crippen molar-refractivity contribution < 1.29 is 14.3 Å². The summed E-state index contributed by atoms with van der Waals surface area (Å²) < 4.78 is 10.5. The van der Waals surface area contributed by atoms with Crippen molar-refractivity contribution in [2.75, 3.05) is 20.8 Å². The van der Waals surface area contributed by atoms with E-state index in [4.69, 9.17) is 15.2 Å². The van der Waals surface area contributed by atoms with Crippen molar-refractivity contribution in [2.24, 2.45) is 5.73 Å². The maximum atomic E-state index is 12.1. The Kier molecular flexibility index (Phi) is 8.81. The van der Waals surface area contributed by atoms with E-state index in [0.29, 0.717) is 30.9 Å². The predicted molar refractivity (Wildman–Crippen MR) is 102 cm³/mol. The van der Waals surface area contributed by atoms with Crippen molar-refractivity contribution in [3.05, 3.63) is 59.7 Å². The summed E-state index contributed by atoms with van der Waals surface area (Å²) in [6, 6.07) is 14.9. The lowest BCUT2D eigenvalue weighted by Gasteiger charge is -2.13. The van der Waals surface area contributed by atoms with E-state index < -0.39 is 6.04 Å². The maximum absolute atomic E-state index is 12.1. The molecule has 0 aliphatic heterocycles. The molecular formula is C19H25ClN2O3. The van der Waals surface area contributed by atoms with Crippen LogP contribution in [0.25, 0.3) is 0 Å². The molecule has 1 amide bonds. The highest BCUT2D eigenvalue weighted by molar-refractivity contribution is 5.85. The van der Waals surface area contributed by atoms with Crippen LogP contribution in [0.4, 0.5) is 0 Å². The molecule has 0 fully saturated rings. The zero-order valence-corrected chi connectivity index (χ0v) is 15.3. The number of hydrogen-bond acceptors (Lipinski definition) is 4. The number of hydrogen-bond donors (Lipinski definition) is 2. The molecule has 0 heterocycles. The van der Waals surface area contributed by atoms with Crippen molar-refractivity contribution in [3.8, 4) is 11.5 Å². The molecule has 2 aromatic rings. The smallest absolute Gasteiger partial charge is 0.237 e. The lowest BCUT2D eigenvalue weighted by atomic mass is 10.1. The van der Waals surface area contributed by atoms with Crippen LogP contribution in [0.2, 0.25) is 0 Å². The molecule has 0 aliphatic carbocycles. The molecule has 6 heteroatoms. The minimum atomic E-state index is -0.544. The topological polar surface area (TPSA) is 73.6 Å². The molecule has 136 valence electrons. The predicted octanol–water partition coefficient (Wildman–Crippen LogP) is 2.35. The molecule has 0 aliphatic rings. The number of halogens is 1. The van der Waals surface area contributed by atoms with E-state index in [1.165, 1.54) is 0 Å². The first kappa shape index (κ1) is 20.8. The summed E-state index contributed by atoms with van der Waals surface area (Å²) in [5.74, 6) is 1.23. The summed E-state index contributed by atoms with van der Waals surface area (Å²) in [5, 5.41) is 2.88. The summed E-state index contributed by atoms with van der Waals surface area (Å²) in [5.41, 5.74) is 8.08. The van der Waals surface area contributed by atoms with Gasteiger partial charge in [0.05, 0.1) is 20.3 Å². The Balaban J connectivity index is 0.00000312. The Hall–Kier alpha value is -2.24. The number of carbonyl (C=O) groups excluding carboxylic acids is 1. The third kappa shape index (κ3) is 6.29. The van der Waals surface area contributed by atoms with Crippen molar-refractivity contribution in [1.82, 2.24) is 5.32 Å². The molecular weight excluding hydrogens is 340 g/mol. The molecule has 1 unspecified atom stereocenters. The van der Waals surface area contributed by atoms with Crippen LogP contribution in [-0.2, 0) is 17.6 Å². The van der Waals surface area contributed by atoms with E-state index >= 15 is 0 Å². The van der Waals surface area contributed by atoms with E-state index in [2.05, 4.69) is 5.32 Å². The minimum Gasteiger partial charge on any atom is -0.493 e. The van der Waals surface area contributed by atoms with Gasteiger partial charge in [0.2, 0.25) is 5.91 Å². The monoisotopic (exact) mass is 364 g/mol. The number of nitrogens with one attached hydrogen (secondary N) is 1. The van der Waals surface area contributed by atoms with Crippen molar-refractivity contribution in [3.63, 3.8) is 0 Å². The highest BCUT2D eigenvalue weighted by Crippen LogP contribution is 2.27. The number of nitrogens with two attached hydrogens (primary N) is 1. The number of carbonyl (C=O) groups is 1. The molecule has 0 bridgehead atoms. The van der Waals surface area contributed by atoms with E-state index in [1.807, 2.05) is 48.5 Å². The number of rotatable bonds is 8. The van der Waals surface area contributed by atoms with E-state index in [-0.39, 0.29) is 18.3 Å². The third-order valence-corrected chi connectivity index (χ3v) is 3.80. The van der Waals surface area contributed by atoms with Gasteiger partial charge in [-0.15, -0.1) is 12.4 Å². The van der Waals surface area contributed by atoms with Gasteiger partial charge < -0.3 is 20.5 Å². The molecule has 1 atom stereocenters. The summed E-state index contributed by atoms with van der Waals surface area (Å²) in [4.78, 5) is 12.1. The molecule has 0 spiro atoms. The van der Waals surface area contributed by atoms with Gasteiger partial charge in [-0.2, -0.15) is 0 Å². The van der Waals surface area contributed by atoms with Gasteiger partial charge in [0.25, 0.3) is 0 Å². The lowest BCUT2D eigenvalue weighted by molar-refractivity contribution is -0.122. The third-order valence-electron chi connectivity index (χ3n) is 3.80. The summed E-state index contributed by atoms with van der Waals surface area (Å²) >= 11 is 0. The summed E-state index contributed by atoms with van der Waals surface area (Å²) in [7, 11) is 3.21. The zero-order valence-electron chi connectivity index (χ0n) is 14.5. The molecule has 25 heavy (non-hydrogen) atoms. The largest absolute Gasteiger partial charge is 0.493 e. The van der Waals surface area contributed by atoms with Crippen LogP contribution in [0.15, 0.2) is 48.5 Å². The van der Waals surface area contributed by atoms with Gasteiger partial charge in [-0.3, -0.25) is 4.79 Å². The second-order valence-electron chi connectivity index (χ2n) is 5.53. The van der Waals surface area contributed by atoms with Gasteiger partial charge >= 0.3 is 0 Å². The van der Waals surface area contributed by atoms with Gasteiger partial charge in [0.1, 0.15) is 0 Å². The highest BCUT2D eigenvalue weighted by atomic mass is 35.5. The Bertz CT molecular complexity index is 665. The fourth-order valence-corrected chi connectivity index (χ4v) is 2.46. The van der Waals surface area contributed by atoms with Crippen LogP contribution in [-0.4, -0.2) is 32.7 Å². The molecule has 3 N–H and O–H groups in total. The lowest BCUT2D eigenvalue weighted by Crippen LogP contribution is -2.42. The fourth-order valence-electron chi connectivity index (χ4n) is 2.46. The van der Waals surface area contributed by atoms with Gasteiger partial charge in [-0.1, -0.05) is 36.4 Å². The first-order valence-electron chi connectivity index (χ1n) is 7.92. The van der Waals surface area contributed by atoms with Crippen LogP contribution >= 0.6 is 12.4 Å². The molecule has 2 rings (SSSR count). The molecule has 0 aromatic heterocycles. The first-order chi connectivity index (χ1) is 11.6. The highest BCUT2D eigenvalue weighted by Gasteiger charge is 2.13. The molecule has 0 saturated heterocycles. The number of amides is 1. The van der Waals surface area contributed by atoms with Crippen molar-refractivity contribution >= 4 is 18.3 Å². The minimum absolute atomic E-state index is 0. The number of ether oxygens (including phenoxy) is 2. The summed E-state index contributed by atoms with van der Waals surface area (Å²) in [6.45, 7) is 0.525. The molecule has 2 aromatic carbocycles. The SMILES string of the molecule is COc1ccc(CCNC(=O)C(N)Cc2ccccc2)cc1OC.Cl. The van der Waals surface area contributed by atoms with Crippen LogP contribution in [0.5, 0.6) is 11.5 Å². The molecule has 0 saturated carbocycles. The average Bonchev–Trinajstić information content (AvgIpc) is 2.62. The van der Waals surface area contributed by atoms with Crippen LogP contribution < -0.4 is 20.5 Å². The van der Waals surface area contributed by atoms with Gasteiger partial charge in [-0.05, 0) is 36.1 Å². The Morgan fingerprint density at radius 1 is 1.04 bits per heavy atom. The standard InChI is InChI=1S/C19H24N2O3.ClH/c1-23-17-9-8-15(13-18(17)24-2)10-11-21-19(22)16(20)12-14-6-4-3-5-7-14;/h3-9,13,16H,10-12,20H2,1-2H3,(H,21,22);1H. The number of benzene rings is 2. The zero-order chi connectivity index (χ0) is 17.4. The van der Waals surface area contributed by atoms with Gasteiger partial charge in [0, 0.05) is 6.54 Å². The Labute approximate surface area is 154 Å². The van der Waals surface area contributed by atoms with E-state index in [0.717, 1.165) is 11.1 Å². The second-order valence-corrected chi connectivity index (χ2v) is 5.53. The van der Waals surface area contributed by atoms with Crippen molar-refractivity contribution in [2.45, 2.75) is 18.9 Å². The molecule has 0 radical (unpaired) electrons. The van der Waals surface area contributed by atoms with Crippen molar-refractivity contribution in [1.29, 1.82) is 0 Å². The van der Waals surface area contributed by atoms with Crippen LogP contribution in [0, 0.1) is 0 Å². The normalized spacial score (nSPS) is 11.2. The second kappa shape index (κ2) is 10.6. The molecule has 5 nitrogen and oxygen atoms in total. The quantitative estimate of drug-likeness (QED) is 0.754. The van der Waals surface area contributed by atoms with Crippen LogP contribution in [0.1, 0.15) is 11.1 Å². The van der Waals surface area contributed by atoms with E-state index in [9.17, 15) is 4.79 Å². The summed E-state index contributed by atoms with van der Waals surface area (Å²) in [6.07, 6.45) is 1.23. The Morgan fingerprint density at radius 2 is 1.72 bits per heavy atom. The first-order valence-corrected chi connectivity index (χ1v) is 7.92. The number of methoxy groups -OCH3 is 2. The van der Waals surface area contributed by atoms with E-state index in [1.54, 1.807) is 14.2 Å². The van der Waals surface area contributed by atoms with Crippen LogP contribution in [0.3, 0.4) is 0 Å². The maximum Gasteiger partial charge on any atom is 0.237 e. The Morgan fingerprint density at radius 3 is 2.36 bits per heavy atom. The average molecular weight is 365 g/mol.